The molecule has 1 rings (SSSR count). The first-order valence-corrected chi connectivity index (χ1v) is 7.39. The second-order valence-electron chi connectivity index (χ2n) is 4.22. The summed E-state index contributed by atoms with van der Waals surface area (Å²) < 4.78 is 63.7. The van der Waals surface area contributed by atoms with Gasteiger partial charge in [0.2, 0.25) is 10.0 Å². The van der Waals surface area contributed by atoms with Crippen LogP contribution in [0.25, 0.3) is 0 Å². The maximum absolute atomic E-state index is 12.6. The van der Waals surface area contributed by atoms with E-state index in [2.05, 4.69) is 16.9 Å². The minimum atomic E-state index is -4.55. The average Bonchev–Trinajstić information content (AvgIpc) is 2.29. The Balaban J connectivity index is 3.19. The zero-order valence-corrected chi connectivity index (χ0v) is 12.3. The highest BCUT2D eigenvalue weighted by molar-refractivity contribution is 7.95. The number of thiocarbonyl (C=S) groups is 1. The molecule has 0 spiro atoms. The van der Waals surface area contributed by atoms with Crippen LogP contribution in [0.4, 0.5) is 18.9 Å². The molecule has 0 aliphatic heterocycles. The highest BCUT2D eigenvalue weighted by Crippen LogP contribution is 2.32. The molecule has 0 aromatic heterocycles. The van der Waals surface area contributed by atoms with Crippen LogP contribution in [0, 0.1) is 6.92 Å². The van der Waals surface area contributed by atoms with E-state index in [1.54, 1.807) is 0 Å². The first-order chi connectivity index (χ1) is 8.95. The summed E-state index contributed by atoms with van der Waals surface area (Å²) >= 11 is 4.58. The second kappa shape index (κ2) is 5.57. The molecule has 0 aliphatic carbocycles. The Morgan fingerprint density at radius 2 is 1.95 bits per heavy atom. The predicted molar refractivity (Wildman–Crippen MR) is 75.0 cm³/mol. The number of alkyl halides is 3. The number of halogens is 3. The van der Waals surface area contributed by atoms with Crippen molar-refractivity contribution in [1.29, 1.82) is 0 Å². The Bertz CT molecular complexity index is 627. The molecule has 1 atom stereocenters. The molecular formula is C11H13F3N2O2S2. The van der Waals surface area contributed by atoms with Gasteiger partial charge in [0.25, 0.3) is 0 Å². The summed E-state index contributed by atoms with van der Waals surface area (Å²) in [5.41, 5.74) is 4.51. The van der Waals surface area contributed by atoms with E-state index >= 15 is 0 Å². The minimum absolute atomic E-state index is 0.150. The lowest BCUT2D eigenvalue weighted by molar-refractivity contribution is -0.137. The number of nitrogens with one attached hydrogen (secondary N) is 1. The maximum atomic E-state index is 12.6. The third-order valence-electron chi connectivity index (χ3n) is 2.68. The lowest BCUT2D eigenvalue weighted by Crippen LogP contribution is -2.35. The Kier molecular flexibility index (Phi) is 4.65. The molecule has 4 nitrogen and oxygen atoms in total. The fourth-order valence-electron chi connectivity index (χ4n) is 1.30. The van der Waals surface area contributed by atoms with Crippen molar-refractivity contribution in [3.63, 3.8) is 0 Å². The largest absolute Gasteiger partial charge is 0.416 e. The molecule has 0 bridgehead atoms. The summed E-state index contributed by atoms with van der Waals surface area (Å²) in [6.07, 6.45) is -4.55. The van der Waals surface area contributed by atoms with Gasteiger partial charge in [-0.1, -0.05) is 18.3 Å². The molecule has 1 aromatic rings. The smallest absolute Gasteiger partial charge is 0.392 e. The van der Waals surface area contributed by atoms with E-state index in [0.717, 1.165) is 12.1 Å². The van der Waals surface area contributed by atoms with Crippen molar-refractivity contribution in [3.8, 4) is 0 Å². The van der Waals surface area contributed by atoms with Crippen LogP contribution in [-0.2, 0) is 16.2 Å². The van der Waals surface area contributed by atoms with Crippen molar-refractivity contribution < 1.29 is 21.6 Å². The van der Waals surface area contributed by atoms with Crippen LogP contribution in [0.15, 0.2) is 18.2 Å². The molecule has 0 aliphatic rings. The molecule has 20 heavy (non-hydrogen) atoms. The van der Waals surface area contributed by atoms with E-state index in [4.69, 9.17) is 5.73 Å². The Morgan fingerprint density at radius 3 is 2.40 bits per heavy atom. The van der Waals surface area contributed by atoms with Crippen LogP contribution < -0.4 is 10.5 Å². The number of rotatable bonds is 4. The van der Waals surface area contributed by atoms with Crippen LogP contribution in [-0.4, -0.2) is 18.7 Å². The topological polar surface area (TPSA) is 72.2 Å². The molecule has 0 amide bonds. The zero-order chi connectivity index (χ0) is 15.7. The second-order valence-corrected chi connectivity index (χ2v) is 6.69. The number of aryl methyl sites for hydroxylation is 1. The summed E-state index contributed by atoms with van der Waals surface area (Å²) in [5.74, 6) is 0. The van der Waals surface area contributed by atoms with E-state index in [9.17, 15) is 21.6 Å². The number of hydrogen-bond acceptors (Lipinski definition) is 3. The van der Waals surface area contributed by atoms with Crippen molar-refractivity contribution in [1.82, 2.24) is 0 Å². The summed E-state index contributed by atoms with van der Waals surface area (Å²) in [5, 5.41) is -1.19. The fourth-order valence-corrected chi connectivity index (χ4v) is 2.69. The van der Waals surface area contributed by atoms with Crippen LogP contribution >= 0.6 is 12.2 Å². The molecule has 0 radical (unpaired) electrons. The zero-order valence-electron chi connectivity index (χ0n) is 10.7. The summed E-state index contributed by atoms with van der Waals surface area (Å²) in [7, 11) is -3.98. The van der Waals surface area contributed by atoms with E-state index < -0.39 is 27.0 Å². The van der Waals surface area contributed by atoms with Gasteiger partial charge in [-0.05, 0) is 31.5 Å². The maximum Gasteiger partial charge on any atom is 0.416 e. The van der Waals surface area contributed by atoms with Crippen molar-refractivity contribution in [2.45, 2.75) is 25.3 Å². The van der Waals surface area contributed by atoms with E-state index in [-0.39, 0.29) is 10.7 Å². The average molecular weight is 326 g/mol. The third-order valence-corrected chi connectivity index (χ3v) is 4.88. The number of nitrogens with two attached hydrogens (primary N) is 1. The Labute approximate surface area is 120 Å². The lowest BCUT2D eigenvalue weighted by atomic mass is 10.1. The quantitative estimate of drug-likeness (QED) is 0.834. The van der Waals surface area contributed by atoms with Gasteiger partial charge in [-0.2, -0.15) is 13.2 Å². The number of sulfonamides is 1. The predicted octanol–water partition coefficient (Wildman–Crippen LogP) is 2.43. The van der Waals surface area contributed by atoms with Crippen LogP contribution in [0.1, 0.15) is 18.1 Å². The Hall–Kier alpha value is -1.35. The van der Waals surface area contributed by atoms with Crippen molar-refractivity contribution >= 4 is 32.9 Å². The standard InChI is InChI=1S/C11H13F3N2O2S2/c1-6-3-4-8(11(12,13)14)5-9(6)16-20(17,18)7(2)10(15)19/h3-5,7,16H,1-2H3,(H2,15,19). The van der Waals surface area contributed by atoms with E-state index in [0.29, 0.717) is 5.56 Å². The van der Waals surface area contributed by atoms with Gasteiger partial charge in [-0.3, -0.25) is 4.72 Å². The van der Waals surface area contributed by atoms with Gasteiger partial charge in [0.1, 0.15) is 5.25 Å². The molecule has 1 aromatic carbocycles. The fraction of sp³-hybridized carbons (Fsp3) is 0.364. The van der Waals surface area contributed by atoms with Gasteiger partial charge in [0.15, 0.2) is 0 Å². The van der Waals surface area contributed by atoms with Crippen LogP contribution in [0.2, 0.25) is 0 Å². The van der Waals surface area contributed by atoms with Gasteiger partial charge in [-0.15, -0.1) is 0 Å². The summed E-state index contributed by atoms with van der Waals surface area (Å²) in [6.45, 7) is 2.75. The van der Waals surface area contributed by atoms with Gasteiger partial charge in [-0.25, -0.2) is 8.42 Å². The normalized spacial score (nSPS) is 13.8. The van der Waals surface area contributed by atoms with E-state index in [1.807, 2.05) is 0 Å². The molecule has 0 fully saturated rings. The highest BCUT2D eigenvalue weighted by Gasteiger charge is 2.31. The van der Waals surface area contributed by atoms with Crippen molar-refractivity contribution in [2.75, 3.05) is 4.72 Å². The lowest BCUT2D eigenvalue weighted by Gasteiger charge is -2.16. The Morgan fingerprint density at radius 1 is 1.40 bits per heavy atom. The molecule has 9 heteroatoms. The van der Waals surface area contributed by atoms with Crippen LogP contribution in [0.5, 0.6) is 0 Å². The summed E-state index contributed by atoms with van der Waals surface area (Å²) in [6, 6.07) is 2.80. The first kappa shape index (κ1) is 16.7. The molecule has 112 valence electrons. The molecule has 0 heterocycles. The van der Waals surface area contributed by atoms with Gasteiger partial charge >= 0.3 is 6.18 Å². The number of anilines is 1. The monoisotopic (exact) mass is 326 g/mol. The van der Waals surface area contributed by atoms with Crippen LogP contribution in [0.3, 0.4) is 0 Å². The molecule has 1 unspecified atom stereocenters. The van der Waals surface area contributed by atoms with Crippen molar-refractivity contribution in [2.24, 2.45) is 5.73 Å². The highest BCUT2D eigenvalue weighted by atomic mass is 32.2. The molecular weight excluding hydrogens is 313 g/mol. The molecule has 3 N–H and O–H groups in total. The number of hydrogen-bond donors (Lipinski definition) is 2. The van der Waals surface area contributed by atoms with Gasteiger partial charge in [0.05, 0.1) is 16.2 Å². The number of benzene rings is 1. The third kappa shape index (κ3) is 3.83. The molecule has 0 saturated carbocycles. The first-order valence-electron chi connectivity index (χ1n) is 5.44. The van der Waals surface area contributed by atoms with Gasteiger partial charge in [0, 0.05) is 0 Å². The minimum Gasteiger partial charge on any atom is -0.392 e. The molecule has 0 saturated heterocycles. The van der Waals surface area contributed by atoms with E-state index in [1.165, 1.54) is 19.9 Å². The SMILES string of the molecule is Cc1ccc(C(F)(F)F)cc1NS(=O)(=O)C(C)C(N)=S. The van der Waals surface area contributed by atoms with Crippen molar-refractivity contribution in [3.05, 3.63) is 29.3 Å². The van der Waals surface area contributed by atoms with Gasteiger partial charge < -0.3 is 5.73 Å². The summed E-state index contributed by atoms with van der Waals surface area (Å²) in [4.78, 5) is -0.262.